The van der Waals surface area contributed by atoms with E-state index in [1.165, 1.54) is 11.3 Å². The van der Waals surface area contributed by atoms with Gasteiger partial charge in [0.15, 0.2) is 0 Å². The van der Waals surface area contributed by atoms with Gasteiger partial charge in [0.05, 0.1) is 36.1 Å². The molecule has 8 nitrogen and oxygen atoms in total. The number of amides is 1. The first-order valence-corrected chi connectivity index (χ1v) is 10.5. The summed E-state index contributed by atoms with van der Waals surface area (Å²) in [6, 6.07) is 3.19. The zero-order chi connectivity index (χ0) is 20.5. The predicted octanol–water partition coefficient (Wildman–Crippen LogP) is 1.84. The monoisotopic (exact) mass is 416 g/mol. The third kappa shape index (κ3) is 3.61. The zero-order valence-electron chi connectivity index (χ0n) is 16.5. The van der Waals surface area contributed by atoms with Crippen LogP contribution in [0.2, 0.25) is 0 Å². The van der Waals surface area contributed by atoms with Crippen LogP contribution in [0, 0.1) is 13.8 Å². The number of thiophene rings is 1. The molecule has 1 amide bonds. The van der Waals surface area contributed by atoms with Gasteiger partial charge >= 0.3 is 0 Å². The van der Waals surface area contributed by atoms with Crippen LogP contribution in [-0.4, -0.2) is 76.2 Å². The summed E-state index contributed by atoms with van der Waals surface area (Å²) in [5.74, 6) is -1.39. The van der Waals surface area contributed by atoms with E-state index in [0.717, 1.165) is 18.0 Å². The summed E-state index contributed by atoms with van der Waals surface area (Å²) in [6.45, 7) is 7.56. The Morgan fingerprint density at radius 3 is 2.69 bits per heavy atom. The molecule has 1 atom stereocenters. The lowest BCUT2D eigenvalue weighted by Gasteiger charge is -2.30. The van der Waals surface area contributed by atoms with Gasteiger partial charge in [-0.2, -0.15) is 5.10 Å². The van der Waals surface area contributed by atoms with E-state index in [-0.39, 0.29) is 11.3 Å². The zero-order valence-corrected chi connectivity index (χ0v) is 17.3. The van der Waals surface area contributed by atoms with Crippen LogP contribution >= 0.6 is 11.3 Å². The van der Waals surface area contributed by atoms with Crippen molar-refractivity contribution in [3.05, 3.63) is 44.9 Å². The Balaban J connectivity index is 1.72. The second-order valence-corrected chi connectivity index (χ2v) is 8.25. The number of aryl methyl sites for hydroxylation is 2. The normalized spacial score (nSPS) is 22.6. The maximum atomic E-state index is 13.0. The van der Waals surface area contributed by atoms with Gasteiger partial charge in [-0.05, 0) is 25.3 Å². The van der Waals surface area contributed by atoms with E-state index in [1.807, 2.05) is 17.5 Å². The first kappa shape index (κ1) is 19.8. The molecule has 1 unspecified atom stereocenters. The number of rotatable bonds is 5. The number of aromatic nitrogens is 2. The average Bonchev–Trinajstić information content (AvgIpc) is 3.41. The van der Waals surface area contributed by atoms with Crippen LogP contribution in [0.3, 0.4) is 0 Å². The highest BCUT2D eigenvalue weighted by Crippen LogP contribution is 2.41. The topological polar surface area (TPSA) is 98.8 Å². The number of aliphatic hydroxyl groups excluding tert-OH is 1. The number of nitrogens with zero attached hydrogens (tertiary/aromatic N) is 3. The molecule has 2 N–H and O–H groups in total. The van der Waals surface area contributed by atoms with Crippen molar-refractivity contribution in [1.82, 2.24) is 20.0 Å². The molecule has 4 rings (SSSR count). The molecule has 2 aliphatic rings. The van der Waals surface area contributed by atoms with Crippen LogP contribution < -0.4 is 0 Å². The summed E-state index contributed by atoms with van der Waals surface area (Å²) in [5.41, 5.74) is 1.86. The van der Waals surface area contributed by atoms with Gasteiger partial charge in [-0.1, -0.05) is 6.07 Å². The van der Waals surface area contributed by atoms with E-state index in [2.05, 4.69) is 15.1 Å². The second-order valence-electron chi connectivity index (χ2n) is 7.27. The summed E-state index contributed by atoms with van der Waals surface area (Å²) in [6.07, 6.45) is 0. The molecule has 0 radical (unpaired) electrons. The number of aromatic amines is 1. The van der Waals surface area contributed by atoms with Crippen molar-refractivity contribution in [2.75, 3.05) is 39.4 Å². The first-order chi connectivity index (χ1) is 14.0. The van der Waals surface area contributed by atoms with Gasteiger partial charge < -0.3 is 14.7 Å². The Morgan fingerprint density at radius 1 is 1.31 bits per heavy atom. The van der Waals surface area contributed by atoms with Gasteiger partial charge in [0.25, 0.3) is 11.7 Å². The van der Waals surface area contributed by atoms with Crippen molar-refractivity contribution >= 4 is 28.8 Å². The Bertz CT molecular complexity index is 924. The van der Waals surface area contributed by atoms with Gasteiger partial charge in [-0.25, -0.2) is 0 Å². The second kappa shape index (κ2) is 8.10. The standard InChI is InChI=1S/C20H24N4O4S/c1-12-15(13(2)22-21-12)18(25)16-17(14-4-3-11-29-14)24(20(27)19(16)26)6-5-23-7-9-28-10-8-23/h3-4,11,17,25H,5-10H2,1-2H3,(H,21,22). The lowest BCUT2D eigenvalue weighted by atomic mass is 9.99. The fourth-order valence-electron chi connectivity index (χ4n) is 3.96. The van der Waals surface area contributed by atoms with E-state index in [0.29, 0.717) is 43.3 Å². The number of carbonyl (C=O) groups excluding carboxylic acids is 2. The van der Waals surface area contributed by atoms with E-state index < -0.39 is 17.7 Å². The summed E-state index contributed by atoms with van der Waals surface area (Å²) < 4.78 is 5.38. The molecule has 154 valence electrons. The highest BCUT2D eigenvalue weighted by Gasteiger charge is 2.46. The molecule has 2 saturated heterocycles. The van der Waals surface area contributed by atoms with E-state index in [9.17, 15) is 14.7 Å². The Kier molecular flexibility index (Phi) is 5.53. The minimum Gasteiger partial charge on any atom is -0.507 e. The molecule has 2 aromatic heterocycles. The third-order valence-electron chi connectivity index (χ3n) is 5.48. The predicted molar refractivity (Wildman–Crippen MR) is 109 cm³/mol. The molecule has 4 heterocycles. The van der Waals surface area contributed by atoms with Crippen LogP contribution in [0.1, 0.15) is 27.9 Å². The smallest absolute Gasteiger partial charge is 0.295 e. The van der Waals surface area contributed by atoms with E-state index in [1.54, 1.807) is 18.7 Å². The van der Waals surface area contributed by atoms with Crippen LogP contribution in [0.4, 0.5) is 0 Å². The summed E-state index contributed by atoms with van der Waals surface area (Å²) >= 11 is 1.47. The molecule has 0 aliphatic carbocycles. The number of H-pyrrole nitrogens is 1. The van der Waals surface area contributed by atoms with Crippen molar-refractivity contribution in [3.8, 4) is 0 Å². The lowest BCUT2D eigenvalue weighted by Crippen LogP contribution is -2.42. The number of ether oxygens (including phenoxy) is 1. The SMILES string of the molecule is Cc1n[nH]c(C)c1C(O)=C1C(=O)C(=O)N(CCN2CCOCC2)C1c1cccs1. The quantitative estimate of drug-likeness (QED) is 0.438. The first-order valence-electron chi connectivity index (χ1n) is 9.63. The fraction of sp³-hybridized carbons (Fsp3) is 0.450. The van der Waals surface area contributed by atoms with Gasteiger partial charge in [-0.3, -0.25) is 19.6 Å². The molecule has 29 heavy (non-hydrogen) atoms. The number of morpholine rings is 1. The van der Waals surface area contributed by atoms with Gasteiger partial charge in [-0.15, -0.1) is 11.3 Å². The summed E-state index contributed by atoms with van der Waals surface area (Å²) in [7, 11) is 0. The minimum atomic E-state index is -0.650. The molecule has 0 spiro atoms. The molecule has 0 bridgehead atoms. The van der Waals surface area contributed by atoms with Crippen molar-refractivity contribution < 1.29 is 19.4 Å². The highest BCUT2D eigenvalue weighted by molar-refractivity contribution is 7.10. The number of hydrogen-bond acceptors (Lipinski definition) is 7. The molecule has 0 saturated carbocycles. The maximum Gasteiger partial charge on any atom is 0.295 e. The van der Waals surface area contributed by atoms with E-state index >= 15 is 0 Å². The molecule has 9 heteroatoms. The molecule has 2 aromatic rings. The van der Waals surface area contributed by atoms with Crippen molar-refractivity contribution in [2.24, 2.45) is 0 Å². The molecular formula is C20H24N4O4S. The summed E-state index contributed by atoms with van der Waals surface area (Å²) in [5, 5.41) is 19.9. The third-order valence-corrected chi connectivity index (χ3v) is 6.40. The molecule has 0 aromatic carbocycles. The summed E-state index contributed by atoms with van der Waals surface area (Å²) in [4.78, 5) is 30.5. The average molecular weight is 417 g/mol. The Hall–Kier alpha value is -2.49. The Labute approximate surface area is 172 Å². The Morgan fingerprint density at radius 2 is 2.07 bits per heavy atom. The van der Waals surface area contributed by atoms with Crippen LogP contribution in [0.15, 0.2) is 23.1 Å². The maximum absolute atomic E-state index is 13.0. The number of hydrogen-bond donors (Lipinski definition) is 2. The number of nitrogens with one attached hydrogen (secondary N) is 1. The van der Waals surface area contributed by atoms with Crippen molar-refractivity contribution in [2.45, 2.75) is 19.9 Å². The largest absolute Gasteiger partial charge is 0.507 e. The van der Waals surface area contributed by atoms with Crippen LogP contribution in [0.25, 0.3) is 5.76 Å². The number of likely N-dealkylation sites (tertiary alicyclic amines) is 1. The van der Waals surface area contributed by atoms with E-state index in [4.69, 9.17) is 4.74 Å². The van der Waals surface area contributed by atoms with Gasteiger partial charge in [0.1, 0.15) is 5.76 Å². The lowest BCUT2D eigenvalue weighted by molar-refractivity contribution is -0.140. The van der Waals surface area contributed by atoms with Crippen molar-refractivity contribution in [1.29, 1.82) is 0 Å². The number of Topliss-reactive ketones (excluding diaryl/α,β-unsaturated/α-hetero) is 1. The minimum absolute atomic E-state index is 0.132. The molecule has 2 fully saturated rings. The fourth-order valence-corrected chi connectivity index (χ4v) is 4.81. The van der Waals surface area contributed by atoms with Crippen LogP contribution in [0.5, 0.6) is 0 Å². The van der Waals surface area contributed by atoms with Crippen LogP contribution in [-0.2, 0) is 14.3 Å². The number of carbonyl (C=O) groups is 2. The number of aliphatic hydroxyl groups is 1. The molecular weight excluding hydrogens is 392 g/mol. The van der Waals surface area contributed by atoms with Gasteiger partial charge in [0.2, 0.25) is 0 Å². The number of ketones is 1. The van der Waals surface area contributed by atoms with Crippen molar-refractivity contribution in [3.63, 3.8) is 0 Å². The van der Waals surface area contributed by atoms with Gasteiger partial charge in [0, 0.05) is 36.8 Å². The molecule has 2 aliphatic heterocycles. The highest BCUT2D eigenvalue weighted by atomic mass is 32.1.